The van der Waals surface area contributed by atoms with Crippen LogP contribution >= 0.6 is 11.8 Å². The van der Waals surface area contributed by atoms with Gasteiger partial charge in [0.25, 0.3) is 5.56 Å². The minimum Gasteiger partial charge on any atom is -0.494 e. The van der Waals surface area contributed by atoms with E-state index in [1.165, 1.54) is 13.2 Å². The number of ether oxygens (including phenoxy) is 1. The molecule has 2 aromatic carbocycles. The van der Waals surface area contributed by atoms with Crippen molar-refractivity contribution in [2.75, 3.05) is 45.6 Å². The monoisotopic (exact) mass is 567 g/mol. The molecule has 214 valence electrons. The number of nitrogens with zero attached hydrogens (tertiary/aromatic N) is 3. The summed E-state index contributed by atoms with van der Waals surface area (Å²) in [4.78, 5) is 19.3. The van der Waals surface area contributed by atoms with Crippen molar-refractivity contribution in [1.82, 2.24) is 14.4 Å². The van der Waals surface area contributed by atoms with Crippen LogP contribution in [0.2, 0.25) is 0 Å². The van der Waals surface area contributed by atoms with E-state index in [2.05, 4.69) is 23.6 Å². The topological polar surface area (TPSA) is 37.7 Å². The SMILES string of the molecule is CCC(CC)N1CCN(CC2CSc3c(Cc4ccccc4F)c(C)c(-c4cccc(OC)c4F)c(=O)n32)CC1. The van der Waals surface area contributed by atoms with Crippen LogP contribution in [-0.2, 0) is 6.42 Å². The predicted molar refractivity (Wildman–Crippen MR) is 159 cm³/mol. The van der Waals surface area contributed by atoms with Gasteiger partial charge in [-0.2, -0.15) is 0 Å². The van der Waals surface area contributed by atoms with Crippen LogP contribution < -0.4 is 10.3 Å². The van der Waals surface area contributed by atoms with Gasteiger partial charge in [0.05, 0.1) is 23.7 Å². The number of benzene rings is 2. The summed E-state index contributed by atoms with van der Waals surface area (Å²) in [5.41, 5.74) is 2.50. The second-order valence-electron chi connectivity index (χ2n) is 10.8. The fourth-order valence-corrected chi connectivity index (χ4v) is 7.71. The summed E-state index contributed by atoms with van der Waals surface area (Å²) in [6.45, 7) is 11.1. The Morgan fingerprint density at radius 2 is 1.75 bits per heavy atom. The summed E-state index contributed by atoms with van der Waals surface area (Å²) >= 11 is 1.66. The fraction of sp³-hybridized carbons (Fsp3) is 0.469. The zero-order valence-electron chi connectivity index (χ0n) is 23.9. The first-order chi connectivity index (χ1) is 19.4. The van der Waals surface area contributed by atoms with Crippen molar-refractivity contribution in [1.29, 1.82) is 0 Å². The van der Waals surface area contributed by atoms with Crippen molar-refractivity contribution in [2.24, 2.45) is 0 Å². The molecule has 0 radical (unpaired) electrons. The molecule has 0 amide bonds. The molecule has 3 aromatic rings. The van der Waals surface area contributed by atoms with Gasteiger partial charge in [0.2, 0.25) is 0 Å². The number of thioether (sulfide) groups is 1. The molecule has 0 bridgehead atoms. The van der Waals surface area contributed by atoms with Gasteiger partial charge in [0.15, 0.2) is 11.6 Å². The molecule has 2 aliphatic rings. The molecular formula is C32H39F2N3O2S. The van der Waals surface area contributed by atoms with E-state index in [0.717, 1.165) is 61.9 Å². The van der Waals surface area contributed by atoms with Gasteiger partial charge in [0.1, 0.15) is 5.82 Å². The summed E-state index contributed by atoms with van der Waals surface area (Å²) in [5.74, 6) is 0.0207. The molecule has 1 atom stereocenters. The van der Waals surface area contributed by atoms with Crippen molar-refractivity contribution in [3.8, 4) is 16.9 Å². The maximum atomic E-state index is 15.6. The molecule has 3 heterocycles. The van der Waals surface area contributed by atoms with E-state index in [0.29, 0.717) is 29.2 Å². The molecule has 40 heavy (non-hydrogen) atoms. The maximum absolute atomic E-state index is 15.6. The zero-order chi connectivity index (χ0) is 28.4. The maximum Gasteiger partial charge on any atom is 0.260 e. The normalized spacial score (nSPS) is 17.9. The molecule has 1 aromatic heterocycles. The standard InChI is InChI=1S/C32H39F2N3O2S/c1-5-23(6-2)36-16-14-35(15-17-36)19-24-20-40-32-26(18-22-10-7-8-12-27(22)33)21(3)29(31(38)37(24)32)25-11-9-13-28(39-4)30(25)34/h7-13,23-24H,5-6,14-20H2,1-4H3. The number of hydrogen-bond acceptors (Lipinski definition) is 5. The van der Waals surface area contributed by atoms with E-state index in [4.69, 9.17) is 4.74 Å². The molecule has 1 fully saturated rings. The molecule has 1 unspecified atom stereocenters. The first-order valence-electron chi connectivity index (χ1n) is 14.3. The highest BCUT2D eigenvalue weighted by Gasteiger charge is 2.33. The molecule has 8 heteroatoms. The summed E-state index contributed by atoms with van der Waals surface area (Å²) < 4.78 is 37.5. The van der Waals surface area contributed by atoms with Crippen molar-refractivity contribution >= 4 is 11.8 Å². The van der Waals surface area contributed by atoms with Gasteiger partial charge >= 0.3 is 0 Å². The number of rotatable bonds is 9. The molecule has 5 nitrogen and oxygen atoms in total. The summed E-state index contributed by atoms with van der Waals surface area (Å²) in [6.07, 6.45) is 2.65. The van der Waals surface area contributed by atoms with Gasteiger partial charge in [-0.25, -0.2) is 8.78 Å². The van der Waals surface area contributed by atoms with Crippen molar-refractivity contribution in [2.45, 2.75) is 57.1 Å². The second kappa shape index (κ2) is 12.5. The van der Waals surface area contributed by atoms with Crippen molar-refractivity contribution < 1.29 is 13.5 Å². The van der Waals surface area contributed by atoms with E-state index in [-0.39, 0.29) is 28.7 Å². The Kier molecular flexibility index (Phi) is 8.98. The lowest BCUT2D eigenvalue weighted by molar-refractivity contribution is 0.0848. The highest BCUT2D eigenvalue weighted by Crippen LogP contribution is 2.41. The lowest BCUT2D eigenvalue weighted by Gasteiger charge is -2.39. The lowest BCUT2D eigenvalue weighted by atomic mass is 9.94. The number of fused-ring (bicyclic) bond motifs is 1. The minimum absolute atomic E-state index is 0.0420. The summed E-state index contributed by atoms with van der Waals surface area (Å²) in [6, 6.07) is 12.2. The smallest absolute Gasteiger partial charge is 0.260 e. The van der Waals surface area contributed by atoms with Gasteiger partial charge in [0, 0.05) is 56.5 Å². The van der Waals surface area contributed by atoms with Gasteiger partial charge < -0.3 is 4.74 Å². The number of pyridine rings is 1. The molecule has 1 saturated heterocycles. The molecule has 2 aliphatic heterocycles. The van der Waals surface area contributed by atoms with Gasteiger partial charge in [-0.1, -0.05) is 44.2 Å². The minimum atomic E-state index is -0.553. The summed E-state index contributed by atoms with van der Waals surface area (Å²) in [5, 5.41) is 0.874. The number of piperazine rings is 1. The Bertz CT molecular complexity index is 1410. The largest absolute Gasteiger partial charge is 0.494 e. The molecule has 5 rings (SSSR count). The fourth-order valence-electron chi connectivity index (χ4n) is 6.34. The molecule has 0 N–H and O–H groups in total. The van der Waals surface area contributed by atoms with E-state index >= 15 is 4.39 Å². The van der Waals surface area contributed by atoms with E-state index < -0.39 is 5.82 Å². The van der Waals surface area contributed by atoms with Gasteiger partial charge in [-0.15, -0.1) is 11.8 Å². The van der Waals surface area contributed by atoms with Crippen LogP contribution in [0.1, 0.15) is 49.4 Å². The van der Waals surface area contributed by atoms with Crippen LogP contribution in [0, 0.1) is 18.6 Å². The van der Waals surface area contributed by atoms with Gasteiger partial charge in [-0.05, 0) is 48.6 Å². The van der Waals surface area contributed by atoms with Crippen LogP contribution in [0.3, 0.4) is 0 Å². The molecular weight excluding hydrogens is 528 g/mol. The average molecular weight is 568 g/mol. The Balaban J connectivity index is 1.55. The van der Waals surface area contributed by atoms with Crippen LogP contribution in [-0.4, -0.2) is 66.0 Å². The Hall–Kier alpha value is -2.68. The van der Waals surface area contributed by atoms with Crippen LogP contribution in [0.25, 0.3) is 11.1 Å². The second-order valence-corrected chi connectivity index (χ2v) is 11.8. The summed E-state index contributed by atoms with van der Waals surface area (Å²) in [7, 11) is 1.42. The van der Waals surface area contributed by atoms with Crippen LogP contribution in [0.4, 0.5) is 8.78 Å². The first-order valence-corrected chi connectivity index (χ1v) is 15.3. The quantitative estimate of drug-likeness (QED) is 0.310. The highest BCUT2D eigenvalue weighted by molar-refractivity contribution is 7.99. The van der Waals surface area contributed by atoms with Crippen LogP contribution in [0.5, 0.6) is 5.75 Å². The van der Waals surface area contributed by atoms with E-state index in [1.807, 2.05) is 17.6 Å². The molecule has 0 aliphatic carbocycles. The number of hydrogen-bond donors (Lipinski definition) is 0. The highest BCUT2D eigenvalue weighted by atomic mass is 32.2. The lowest BCUT2D eigenvalue weighted by Crippen LogP contribution is -2.51. The average Bonchev–Trinajstić information content (AvgIpc) is 3.38. The third kappa shape index (κ3) is 5.46. The number of aromatic nitrogens is 1. The third-order valence-electron chi connectivity index (χ3n) is 8.63. The predicted octanol–water partition coefficient (Wildman–Crippen LogP) is 6.15. The third-order valence-corrected chi connectivity index (χ3v) is 9.90. The van der Waals surface area contributed by atoms with Crippen molar-refractivity contribution in [3.63, 3.8) is 0 Å². The van der Waals surface area contributed by atoms with Gasteiger partial charge in [-0.3, -0.25) is 19.2 Å². The Morgan fingerprint density at radius 3 is 2.42 bits per heavy atom. The number of halogens is 2. The molecule has 0 spiro atoms. The Labute approximate surface area is 240 Å². The first kappa shape index (κ1) is 28.8. The molecule has 0 saturated carbocycles. The zero-order valence-corrected chi connectivity index (χ0v) is 24.7. The van der Waals surface area contributed by atoms with E-state index in [1.54, 1.807) is 42.1 Å². The van der Waals surface area contributed by atoms with Crippen LogP contribution in [0.15, 0.2) is 52.3 Å². The van der Waals surface area contributed by atoms with E-state index in [9.17, 15) is 9.18 Å². The number of methoxy groups -OCH3 is 1. The Morgan fingerprint density at radius 1 is 1.02 bits per heavy atom. The van der Waals surface area contributed by atoms with Crippen molar-refractivity contribution in [3.05, 3.63) is 81.1 Å².